The standard InChI is InChI=1S/C14H21N3S/c1-6-15-13(12-7-9(2)11(4)18-12)14-10(3)8-16-17(14)5/h7-8,13,15H,6H2,1-5H3. The van der Waals surface area contributed by atoms with Gasteiger partial charge in [0.05, 0.1) is 17.9 Å². The number of rotatable bonds is 4. The second-order valence-corrected chi connectivity index (χ2v) is 6.00. The van der Waals surface area contributed by atoms with Gasteiger partial charge in [0.15, 0.2) is 0 Å². The van der Waals surface area contributed by atoms with E-state index < -0.39 is 0 Å². The smallest absolute Gasteiger partial charge is 0.0844 e. The van der Waals surface area contributed by atoms with E-state index in [4.69, 9.17) is 0 Å². The van der Waals surface area contributed by atoms with E-state index >= 15 is 0 Å². The highest BCUT2D eigenvalue weighted by Crippen LogP contribution is 2.31. The number of hydrogen-bond donors (Lipinski definition) is 1. The molecule has 2 aromatic heterocycles. The van der Waals surface area contributed by atoms with Gasteiger partial charge in [0, 0.05) is 16.8 Å². The fourth-order valence-electron chi connectivity index (χ4n) is 2.25. The number of nitrogens with zero attached hydrogens (tertiary/aromatic N) is 2. The summed E-state index contributed by atoms with van der Waals surface area (Å²) in [6.45, 7) is 9.58. The first kappa shape index (κ1) is 13.3. The molecule has 0 aliphatic heterocycles. The lowest BCUT2D eigenvalue weighted by atomic mass is 10.1. The average molecular weight is 263 g/mol. The summed E-state index contributed by atoms with van der Waals surface area (Å²) in [6.07, 6.45) is 1.94. The van der Waals surface area contributed by atoms with E-state index in [1.165, 1.54) is 26.6 Å². The van der Waals surface area contributed by atoms with Crippen LogP contribution in [0.1, 0.15) is 39.5 Å². The minimum absolute atomic E-state index is 0.250. The Labute approximate surface area is 113 Å². The maximum absolute atomic E-state index is 4.36. The Hall–Kier alpha value is -1.13. The molecule has 0 aromatic carbocycles. The molecule has 0 saturated heterocycles. The fraction of sp³-hybridized carbons (Fsp3) is 0.500. The van der Waals surface area contributed by atoms with E-state index in [1.807, 2.05) is 29.3 Å². The first-order valence-electron chi connectivity index (χ1n) is 6.33. The summed E-state index contributed by atoms with van der Waals surface area (Å²) in [6, 6.07) is 2.54. The van der Waals surface area contributed by atoms with Gasteiger partial charge in [-0.2, -0.15) is 5.10 Å². The van der Waals surface area contributed by atoms with Crippen molar-refractivity contribution < 1.29 is 0 Å². The second kappa shape index (κ2) is 5.24. The van der Waals surface area contributed by atoms with Gasteiger partial charge >= 0.3 is 0 Å². The van der Waals surface area contributed by atoms with Crippen LogP contribution in [0, 0.1) is 20.8 Å². The lowest BCUT2D eigenvalue weighted by molar-refractivity contribution is 0.576. The number of aromatic nitrogens is 2. The molecule has 2 rings (SSSR count). The Morgan fingerprint density at radius 1 is 1.33 bits per heavy atom. The van der Waals surface area contributed by atoms with E-state index in [-0.39, 0.29) is 6.04 Å². The monoisotopic (exact) mass is 263 g/mol. The number of nitrogens with one attached hydrogen (secondary N) is 1. The molecule has 2 heterocycles. The molecule has 2 aromatic rings. The number of hydrogen-bond acceptors (Lipinski definition) is 3. The van der Waals surface area contributed by atoms with Crippen LogP contribution < -0.4 is 5.32 Å². The minimum Gasteiger partial charge on any atom is -0.305 e. The Morgan fingerprint density at radius 2 is 2.06 bits per heavy atom. The van der Waals surface area contributed by atoms with E-state index in [0.29, 0.717) is 0 Å². The molecule has 4 heteroatoms. The van der Waals surface area contributed by atoms with Crippen LogP contribution in [0.2, 0.25) is 0 Å². The Kier molecular flexibility index (Phi) is 3.88. The quantitative estimate of drug-likeness (QED) is 0.918. The van der Waals surface area contributed by atoms with Crippen LogP contribution in [0.5, 0.6) is 0 Å². The normalized spacial score (nSPS) is 12.9. The Morgan fingerprint density at radius 3 is 2.50 bits per heavy atom. The lowest BCUT2D eigenvalue weighted by Crippen LogP contribution is -2.24. The number of thiophene rings is 1. The summed E-state index contributed by atoms with van der Waals surface area (Å²) < 4.78 is 1.98. The van der Waals surface area contributed by atoms with E-state index in [2.05, 4.69) is 44.2 Å². The van der Waals surface area contributed by atoms with Crippen LogP contribution in [-0.2, 0) is 7.05 Å². The molecule has 98 valence electrons. The number of aryl methyl sites for hydroxylation is 4. The molecule has 0 radical (unpaired) electrons. The summed E-state index contributed by atoms with van der Waals surface area (Å²) in [7, 11) is 2.01. The Balaban J connectivity index is 2.46. The molecule has 0 saturated carbocycles. The summed E-state index contributed by atoms with van der Waals surface area (Å²) >= 11 is 1.87. The van der Waals surface area contributed by atoms with Gasteiger partial charge in [0.2, 0.25) is 0 Å². The average Bonchev–Trinajstić information content (AvgIpc) is 2.81. The van der Waals surface area contributed by atoms with E-state index in [1.54, 1.807) is 0 Å². The van der Waals surface area contributed by atoms with Gasteiger partial charge in [0.25, 0.3) is 0 Å². The molecule has 1 unspecified atom stereocenters. The molecule has 0 amide bonds. The summed E-state index contributed by atoms with van der Waals surface area (Å²) in [5.74, 6) is 0. The third-order valence-corrected chi connectivity index (χ3v) is 4.55. The highest BCUT2D eigenvalue weighted by molar-refractivity contribution is 7.12. The first-order chi connectivity index (χ1) is 8.54. The molecule has 0 aliphatic rings. The first-order valence-corrected chi connectivity index (χ1v) is 7.15. The van der Waals surface area contributed by atoms with Gasteiger partial charge in [0.1, 0.15) is 0 Å². The summed E-state index contributed by atoms with van der Waals surface area (Å²) in [5, 5.41) is 7.93. The zero-order valence-corrected chi connectivity index (χ0v) is 12.6. The fourth-order valence-corrected chi connectivity index (χ4v) is 3.37. The molecule has 1 N–H and O–H groups in total. The van der Waals surface area contributed by atoms with Crippen molar-refractivity contribution in [2.24, 2.45) is 7.05 Å². The molecule has 3 nitrogen and oxygen atoms in total. The van der Waals surface area contributed by atoms with Crippen molar-refractivity contribution in [1.82, 2.24) is 15.1 Å². The van der Waals surface area contributed by atoms with Gasteiger partial charge in [-0.25, -0.2) is 0 Å². The lowest BCUT2D eigenvalue weighted by Gasteiger charge is -2.18. The topological polar surface area (TPSA) is 29.9 Å². The minimum atomic E-state index is 0.250. The summed E-state index contributed by atoms with van der Waals surface area (Å²) in [5.41, 5.74) is 3.88. The molecule has 0 bridgehead atoms. The van der Waals surface area contributed by atoms with Gasteiger partial charge in [-0.05, 0) is 44.5 Å². The van der Waals surface area contributed by atoms with Crippen molar-refractivity contribution in [3.05, 3.63) is 38.8 Å². The largest absolute Gasteiger partial charge is 0.305 e. The van der Waals surface area contributed by atoms with Crippen molar-refractivity contribution in [3.8, 4) is 0 Å². The van der Waals surface area contributed by atoms with Crippen LogP contribution in [0.25, 0.3) is 0 Å². The van der Waals surface area contributed by atoms with Crippen LogP contribution in [0.3, 0.4) is 0 Å². The third-order valence-electron chi connectivity index (χ3n) is 3.33. The molecular formula is C14H21N3S. The molecule has 1 atom stereocenters. The maximum Gasteiger partial charge on any atom is 0.0844 e. The zero-order chi connectivity index (χ0) is 13.3. The Bertz CT molecular complexity index is 500. The van der Waals surface area contributed by atoms with Crippen molar-refractivity contribution >= 4 is 11.3 Å². The third kappa shape index (κ3) is 2.35. The van der Waals surface area contributed by atoms with Crippen molar-refractivity contribution in [3.63, 3.8) is 0 Å². The highest BCUT2D eigenvalue weighted by atomic mass is 32.1. The van der Waals surface area contributed by atoms with Gasteiger partial charge in [-0.1, -0.05) is 6.92 Å². The SMILES string of the molecule is CCNC(c1cc(C)c(C)s1)c1c(C)cnn1C. The van der Waals surface area contributed by atoms with Crippen molar-refractivity contribution in [2.45, 2.75) is 33.7 Å². The van der Waals surface area contributed by atoms with Gasteiger partial charge < -0.3 is 5.32 Å². The predicted molar refractivity (Wildman–Crippen MR) is 77.3 cm³/mol. The zero-order valence-electron chi connectivity index (χ0n) is 11.7. The van der Waals surface area contributed by atoms with Crippen LogP contribution >= 0.6 is 11.3 Å². The van der Waals surface area contributed by atoms with Crippen molar-refractivity contribution in [2.75, 3.05) is 6.54 Å². The maximum atomic E-state index is 4.36. The van der Waals surface area contributed by atoms with Crippen LogP contribution in [-0.4, -0.2) is 16.3 Å². The summed E-state index contributed by atoms with van der Waals surface area (Å²) in [4.78, 5) is 2.77. The van der Waals surface area contributed by atoms with Gasteiger partial charge in [-0.15, -0.1) is 11.3 Å². The van der Waals surface area contributed by atoms with Crippen LogP contribution in [0.4, 0.5) is 0 Å². The predicted octanol–water partition coefficient (Wildman–Crippen LogP) is 3.11. The molecule has 0 spiro atoms. The van der Waals surface area contributed by atoms with Gasteiger partial charge in [-0.3, -0.25) is 4.68 Å². The second-order valence-electron chi connectivity index (χ2n) is 4.72. The van der Waals surface area contributed by atoms with E-state index in [0.717, 1.165) is 6.54 Å². The molecule has 18 heavy (non-hydrogen) atoms. The van der Waals surface area contributed by atoms with E-state index in [9.17, 15) is 0 Å². The van der Waals surface area contributed by atoms with Crippen LogP contribution in [0.15, 0.2) is 12.3 Å². The molecular weight excluding hydrogens is 242 g/mol. The molecule has 0 aliphatic carbocycles. The highest BCUT2D eigenvalue weighted by Gasteiger charge is 2.21. The van der Waals surface area contributed by atoms with Crippen molar-refractivity contribution in [1.29, 1.82) is 0 Å². The molecule has 0 fully saturated rings.